The molecule has 0 unspecified atom stereocenters. The largest absolute Gasteiger partial charge is 0.313 e. The molecule has 3 heterocycles. The molecule has 0 N–H and O–H groups in total. The van der Waals surface area contributed by atoms with Crippen LogP contribution in [0.4, 0.5) is 0 Å². The third kappa shape index (κ3) is 3.81. The first kappa shape index (κ1) is 18.5. The lowest BCUT2D eigenvalue weighted by Crippen LogP contribution is -2.49. The Kier molecular flexibility index (Phi) is 5.59. The smallest absolute Gasteiger partial charge is 0.0698 e. The van der Waals surface area contributed by atoms with Gasteiger partial charge < -0.3 is 5.01 Å². The third-order valence-corrected chi connectivity index (χ3v) is 7.30. The van der Waals surface area contributed by atoms with Crippen molar-refractivity contribution in [3.05, 3.63) is 36.0 Å². The van der Waals surface area contributed by atoms with Crippen LogP contribution in [0.25, 0.3) is 10.9 Å². The molecule has 3 fully saturated rings. The van der Waals surface area contributed by atoms with Crippen molar-refractivity contribution < 1.29 is 0 Å². The Morgan fingerprint density at radius 3 is 2.21 bits per heavy atom. The molecule has 0 bridgehead atoms. The van der Waals surface area contributed by atoms with Crippen LogP contribution in [0.15, 0.2) is 30.5 Å². The number of rotatable bonds is 4. The highest BCUT2D eigenvalue weighted by Gasteiger charge is 2.26. The monoisotopic (exact) mass is 380 g/mol. The van der Waals surface area contributed by atoms with Crippen LogP contribution in [0.5, 0.6) is 0 Å². The van der Waals surface area contributed by atoms with Gasteiger partial charge >= 0.3 is 0 Å². The first-order valence-electron chi connectivity index (χ1n) is 11.7. The summed E-state index contributed by atoms with van der Waals surface area (Å²) < 4.78 is 2.48. The van der Waals surface area contributed by atoms with Crippen LogP contribution in [0.3, 0.4) is 0 Å². The molecule has 152 valence electrons. The lowest BCUT2D eigenvalue weighted by atomic mass is 10.1. The van der Waals surface area contributed by atoms with E-state index < -0.39 is 0 Å². The standard InChI is InChI=1S/C24H36N4/c1-2-8-14-27(13-7-1)28-20-21(23-11-5-6-12-24(23)28)19-25-15-17-26(18-16-25)22-9-3-4-10-22/h5-6,11-12,20,22H,1-4,7-10,13-19H2. The molecule has 1 aromatic carbocycles. The van der Waals surface area contributed by atoms with Crippen molar-refractivity contribution in [1.82, 2.24) is 14.5 Å². The van der Waals surface area contributed by atoms with Crippen molar-refractivity contribution in [2.75, 3.05) is 44.3 Å². The van der Waals surface area contributed by atoms with Gasteiger partial charge in [0.25, 0.3) is 0 Å². The van der Waals surface area contributed by atoms with Crippen LogP contribution in [0.1, 0.15) is 56.9 Å². The van der Waals surface area contributed by atoms with Crippen LogP contribution in [-0.2, 0) is 6.54 Å². The highest BCUT2D eigenvalue weighted by molar-refractivity contribution is 5.84. The first-order chi connectivity index (χ1) is 13.9. The van der Waals surface area contributed by atoms with E-state index in [2.05, 4.69) is 49.9 Å². The molecular formula is C24H36N4. The van der Waals surface area contributed by atoms with Crippen LogP contribution in [-0.4, -0.2) is 59.8 Å². The number of hydrogen-bond acceptors (Lipinski definition) is 3. The maximum atomic E-state index is 2.77. The molecule has 2 saturated heterocycles. The van der Waals surface area contributed by atoms with E-state index >= 15 is 0 Å². The van der Waals surface area contributed by atoms with Crippen molar-refractivity contribution in [3.63, 3.8) is 0 Å². The average Bonchev–Trinajstić information content (AvgIpc) is 3.31. The molecule has 0 atom stereocenters. The number of fused-ring (bicyclic) bond motifs is 1. The van der Waals surface area contributed by atoms with Crippen molar-refractivity contribution in [2.45, 2.75) is 64.0 Å². The number of benzene rings is 1. The Balaban J connectivity index is 1.30. The zero-order valence-electron chi connectivity index (χ0n) is 17.4. The summed E-state index contributed by atoms with van der Waals surface area (Å²) in [6.45, 7) is 8.44. The van der Waals surface area contributed by atoms with Gasteiger partial charge in [0.15, 0.2) is 0 Å². The molecule has 0 spiro atoms. The quantitative estimate of drug-likeness (QED) is 0.789. The van der Waals surface area contributed by atoms with Gasteiger partial charge in [0.1, 0.15) is 0 Å². The topological polar surface area (TPSA) is 14.7 Å². The molecular weight excluding hydrogens is 344 g/mol. The van der Waals surface area contributed by atoms with Gasteiger partial charge in [0.05, 0.1) is 5.52 Å². The second-order valence-corrected chi connectivity index (χ2v) is 9.13. The minimum Gasteiger partial charge on any atom is -0.313 e. The normalized spacial score (nSPS) is 23.5. The zero-order valence-corrected chi connectivity index (χ0v) is 17.4. The molecule has 0 radical (unpaired) electrons. The van der Waals surface area contributed by atoms with Crippen LogP contribution < -0.4 is 5.01 Å². The Labute approximate surface area is 170 Å². The Hall–Kier alpha value is -1.52. The molecule has 0 amide bonds. The Morgan fingerprint density at radius 2 is 1.46 bits per heavy atom. The summed E-state index contributed by atoms with van der Waals surface area (Å²) in [6.07, 6.45) is 13.6. The lowest BCUT2D eigenvalue weighted by Gasteiger charge is -2.38. The molecule has 1 saturated carbocycles. The molecule has 1 aliphatic carbocycles. The van der Waals surface area contributed by atoms with E-state index in [1.165, 1.54) is 107 Å². The minimum atomic E-state index is 0.882. The SMILES string of the molecule is c1ccc2c(c1)c(CN1CCN(C3CCCC3)CC1)cn2N1CCCCCC1. The fourth-order valence-electron chi connectivity index (χ4n) is 5.66. The zero-order chi connectivity index (χ0) is 18.8. The molecule has 1 aromatic heterocycles. The summed E-state index contributed by atoms with van der Waals surface area (Å²) in [7, 11) is 0. The maximum absolute atomic E-state index is 2.77. The molecule has 4 heteroatoms. The number of nitrogens with zero attached hydrogens (tertiary/aromatic N) is 4. The van der Waals surface area contributed by atoms with Crippen LogP contribution in [0.2, 0.25) is 0 Å². The average molecular weight is 381 g/mol. The molecule has 28 heavy (non-hydrogen) atoms. The summed E-state index contributed by atoms with van der Waals surface area (Å²) in [5.74, 6) is 0. The predicted molar refractivity (Wildman–Crippen MR) is 117 cm³/mol. The second-order valence-electron chi connectivity index (χ2n) is 9.13. The highest BCUT2D eigenvalue weighted by Crippen LogP contribution is 2.27. The Bertz CT molecular complexity index is 760. The number of hydrogen-bond donors (Lipinski definition) is 0. The second kappa shape index (κ2) is 8.46. The van der Waals surface area contributed by atoms with E-state index in [1.807, 2.05) is 0 Å². The van der Waals surface area contributed by atoms with Gasteiger partial charge in [0.2, 0.25) is 0 Å². The van der Waals surface area contributed by atoms with Gasteiger partial charge in [-0.05, 0) is 37.3 Å². The van der Waals surface area contributed by atoms with Gasteiger partial charge in [0, 0.05) is 63.4 Å². The van der Waals surface area contributed by atoms with Gasteiger partial charge in [-0.1, -0.05) is 43.9 Å². The van der Waals surface area contributed by atoms with E-state index in [9.17, 15) is 0 Å². The van der Waals surface area contributed by atoms with Crippen molar-refractivity contribution in [3.8, 4) is 0 Å². The number of aromatic nitrogens is 1. The lowest BCUT2D eigenvalue weighted by molar-refractivity contribution is 0.0939. The van der Waals surface area contributed by atoms with E-state index in [0.717, 1.165) is 12.6 Å². The van der Waals surface area contributed by atoms with E-state index in [-0.39, 0.29) is 0 Å². The van der Waals surface area contributed by atoms with Crippen molar-refractivity contribution >= 4 is 10.9 Å². The highest BCUT2D eigenvalue weighted by atomic mass is 15.5. The summed E-state index contributed by atoms with van der Waals surface area (Å²) >= 11 is 0. The summed E-state index contributed by atoms with van der Waals surface area (Å²) in [5, 5.41) is 4.03. The number of para-hydroxylation sites is 1. The van der Waals surface area contributed by atoms with E-state index in [1.54, 1.807) is 0 Å². The third-order valence-electron chi connectivity index (χ3n) is 7.30. The summed E-state index contributed by atoms with van der Waals surface area (Å²) in [4.78, 5) is 5.45. The van der Waals surface area contributed by atoms with E-state index in [4.69, 9.17) is 0 Å². The summed E-state index contributed by atoms with van der Waals surface area (Å²) in [6, 6.07) is 9.92. The predicted octanol–water partition coefficient (Wildman–Crippen LogP) is 4.21. The molecule has 3 aliphatic rings. The van der Waals surface area contributed by atoms with Crippen LogP contribution in [0, 0.1) is 0 Å². The Morgan fingerprint density at radius 1 is 0.750 bits per heavy atom. The van der Waals surface area contributed by atoms with Crippen LogP contribution >= 0.6 is 0 Å². The molecule has 4 nitrogen and oxygen atoms in total. The van der Waals surface area contributed by atoms with Gasteiger partial charge in [-0.2, -0.15) is 0 Å². The van der Waals surface area contributed by atoms with Crippen molar-refractivity contribution in [2.24, 2.45) is 0 Å². The fraction of sp³-hybridized carbons (Fsp3) is 0.667. The van der Waals surface area contributed by atoms with Gasteiger partial charge in [-0.3, -0.25) is 14.5 Å². The molecule has 5 rings (SSSR count). The molecule has 2 aromatic rings. The van der Waals surface area contributed by atoms with E-state index in [0.29, 0.717) is 0 Å². The number of piperazine rings is 1. The minimum absolute atomic E-state index is 0.882. The van der Waals surface area contributed by atoms with Gasteiger partial charge in [-0.25, -0.2) is 0 Å². The fourth-order valence-corrected chi connectivity index (χ4v) is 5.66. The van der Waals surface area contributed by atoms with Crippen molar-refractivity contribution in [1.29, 1.82) is 0 Å². The maximum Gasteiger partial charge on any atom is 0.0698 e. The molecule has 2 aliphatic heterocycles. The summed E-state index contributed by atoms with van der Waals surface area (Å²) in [5.41, 5.74) is 2.90. The first-order valence-corrected chi connectivity index (χ1v) is 11.7. The van der Waals surface area contributed by atoms with Gasteiger partial charge in [-0.15, -0.1) is 0 Å².